The van der Waals surface area contributed by atoms with E-state index in [-0.39, 0.29) is 35.5 Å². The molecule has 0 aromatic rings. The highest BCUT2D eigenvalue weighted by atomic mass is 16.8. The van der Waals surface area contributed by atoms with Crippen LogP contribution in [-0.4, -0.2) is 250 Å². The summed E-state index contributed by atoms with van der Waals surface area (Å²) in [6.07, 6.45) is -32.2. The standard InChI is InChI=1S/C54H86O25/c1-49(2)13-14-54(23(15-49)22-7-8-29-50(3)11-10-30(59)51(4,21-58)28(50)9-12-52(29,5)53(22,6)16-31(54)60)48(71)79-47-43(78-45-41(70)37(66)33(62)25(18-56)74-45)39(68)35(64)27(76-47)20-72-46-42(38(67)34(63)26(19-57)75-46)77-44-40(69)36(65)32(61)24(17-55)73-44/h7,21,23-47,55-57,59-70H,8-20H2,1-6H3/t23-,24+,25+,26+,27+,28-,29-,30-,31+,32+,33+,34-,35+,36-,37-,38-,39-,40+,41+,42+,43+,44-,45-,46+,47-,50-,51-,52+,53+,54+/m0/s1. The first-order chi connectivity index (χ1) is 37.0. The molecule has 4 heterocycles. The lowest BCUT2D eigenvalue weighted by Crippen LogP contribution is -2.68. The van der Waals surface area contributed by atoms with Crippen LogP contribution in [-0.2, 0) is 47.5 Å². The quantitative estimate of drug-likeness (QED) is 0.0476. The number of rotatable bonds is 13. The van der Waals surface area contributed by atoms with E-state index in [1.807, 2.05) is 6.92 Å². The minimum absolute atomic E-state index is 0.0435. The summed E-state index contributed by atoms with van der Waals surface area (Å²) >= 11 is 0. The van der Waals surface area contributed by atoms with Gasteiger partial charge < -0.3 is 119 Å². The zero-order chi connectivity index (χ0) is 57.9. The van der Waals surface area contributed by atoms with Gasteiger partial charge in [0.05, 0.1) is 44.1 Å². The largest absolute Gasteiger partial charge is 0.432 e. The third-order valence-electron chi connectivity index (χ3n) is 21.4. The fourth-order valence-electron chi connectivity index (χ4n) is 16.3. The van der Waals surface area contributed by atoms with Crippen LogP contribution in [0.4, 0.5) is 0 Å². The van der Waals surface area contributed by atoms with Crippen LogP contribution in [0.15, 0.2) is 11.6 Å². The summed E-state index contributed by atoms with van der Waals surface area (Å²) in [6.45, 7) is 9.23. The Hall–Kier alpha value is -2.00. The summed E-state index contributed by atoms with van der Waals surface area (Å²) in [6, 6.07) is 0. The average Bonchev–Trinajstić information content (AvgIpc) is 2.68. The molecule has 4 saturated heterocycles. The van der Waals surface area contributed by atoms with Crippen LogP contribution >= 0.6 is 0 Å². The summed E-state index contributed by atoms with van der Waals surface area (Å²) in [5.74, 6) is -1.63. The highest BCUT2D eigenvalue weighted by Gasteiger charge is 2.72. The normalized spacial score (nSPS) is 54.5. The molecule has 0 radical (unpaired) electrons. The first-order valence-electron chi connectivity index (χ1n) is 28.0. The zero-order valence-electron chi connectivity index (χ0n) is 45.6. The Bertz CT molecular complexity index is 2200. The highest BCUT2D eigenvalue weighted by molar-refractivity contribution is 5.80. The van der Waals surface area contributed by atoms with Crippen molar-refractivity contribution in [2.45, 2.75) is 234 Å². The van der Waals surface area contributed by atoms with Crippen LogP contribution < -0.4 is 0 Å². The maximum Gasteiger partial charge on any atom is 0.317 e. The Morgan fingerprint density at radius 2 is 1.08 bits per heavy atom. The average molecular weight is 1140 g/mol. The first-order valence-corrected chi connectivity index (χ1v) is 28.0. The Balaban J connectivity index is 1.03. The second kappa shape index (κ2) is 22.4. The number of ether oxygens (including phenoxy) is 8. The number of aliphatic hydroxyl groups is 15. The lowest BCUT2D eigenvalue weighted by Gasteiger charge is -2.71. The summed E-state index contributed by atoms with van der Waals surface area (Å²) in [5, 5.41) is 164. The Labute approximate surface area is 457 Å². The Kier molecular flexibility index (Phi) is 17.5. The van der Waals surface area contributed by atoms with Crippen molar-refractivity contribution < 1.29 is 124 Å². The third kappa shape index (κ3) is 9.90. The molecule has 0 unspecified atom stereocenters. The second-order valence-electron chi connectivity index (χ2n) is 26.1. The van der Waals surface area contributed by atoms with Crippen molar-refractivity contribution in [3.8, 4) is 0 Å². The van der Waals surface area contributed by atoms with Gasteiger partial charge in [0, 0.05) is 0 Å². The molecular weight excluding hydrogens is 1050 g/mol. The molecule has 0 aromatic carbocycles. The molecule has 4 saturated carbocycles. The molecule has 0 bridgehead atoms. The van der Waals surface area contributed by atoms with Crippen molar-refractivity contribution in [3.05, 3.63) is 11.6 Å². The van der Waals surface area contributed by atoms with Crippen molar-refractivity contribution in [2.75, 3.05) is 26.4 Å². The van der Waals surface area contributed by atoms with Gasteiger partial charge in [-0.05, 0) is 97.2 Å². The van der Waals surface area contributed by atoms with Crippen LogP contribution in [0.5, 0.6) is 0 Å². The Morgan fingerprint density at radius 1 is 0.570 bits per heavy atom. The number of esters is 1. The summed E-state index contributed by atoms with van der Waals surface area (Å²) < 4.78 is 47.2. The van der Waals surface area contributed by atoms with Crippen LogP contribution in [0.1, 0.15) is 99.3 Å². The van der Waals surface area contributed by atoms with E-state index in [0.29, 0.717) is 44.9 Å². The highest BCUT2D eigenvalue weighted by Crippen LogP contribution is 2.76. The molecule has 0 spiro atoms. The molecule has 8 fully saturated rings. The van der Waals surface area contributed by atoms with Gasteiger partial charge in [0.25, 0.3) is 0 Å². The van der Waals surface area contributed by atoms with Gasteiger partial charge in [0.15, 0.2) is 25.0 Å². The maximum atomic E-state index is 15.7. The van der Waals surface area contributed by atoms with Gasteiger partial charge in [-0.25, -0.2) is 0 Å². The van der Waals surface area contributed by atoms with E-state index in [2.05, 4.69) is 40.7 Å². The van der Waals surface area contributed by atoms with E-state index >= 15 is 4.79 Å². The van der Waals surface area contributed by atoms with Crippen LogP contribution in [0.25, 0.3) is 0 Å². The molecule has 79 heavy (non-hydrogen) atoms. The van der Waals surface area contributed by atoms with Gasteiger partial charge in [-0.15, -0.1) is 0 Å². The SMILES string of the molecule is CC1(C)CC[C@]2(C(=O)O[C@@H]3O[C@H](CO[C@@H]4O[C@H](CO)[C@H](O)[C@H](O)[C@H]4O[C@@H]4O[C@H](CO)[C@@H](O)[C@H](O)[C@H]4O)[C@@H](O)[C@H](O)[C@H]3O[C@@H]3O[C@H](CO)[C@@H](O)[C@H](O)[C@H]3O)[C@H](O)C[C@]3(C)C(=CC[C@H]4[C@@]5(C)CC[C@H](O)[C@@](C)(C=O)[C@H]5CC[C@]43C)[C@@H]2C1. The fraction of sp³-hybridized carbons (Fsp3) is 0.926. The molecule has 9 rings (SSSR count). The number of carbonyl (C=O) groups excluding carboxylic acids is 2. The number of allylic oxidation sites excluding steroid dienone is 2. The second-order valence-corrected chi connectivity index (χ2v) is 26.1. The monoisotopic (exact) mass is 1130 g/mol. The van der Waals surface area contributed by atoms with E-state index < -0.39 is 195 Å². The number of hydrogen-bond acceptors (Lipinski definition) is 25. The lowest BCUT2D eigenvalue weighted by atomic mass is 9.33. The van der Waals surface area contributed by atoms with Crippen LogP contribution in [0.3, 0.4) is 0 Å². The molecule has 9 aliphatic rings. The van der Waals surface area contributed by atoms with E-state index in [1.165, 1.54) is 0 Å². The number of aliphatic hydroxyl groups excluding tert-OH is 15. The summed E-state index contributed by atoms with van der Waals surface area (Å²) in [5.41, 5.74) is -3.42. The maximum absolute atomic E-state index is 15.7. The Morgan fingerprint density at radius 3 is 1.62 bits per heavy atom. The summed E-state index contributed by atoms with van der Waals surface area (Å²) in [4.78, 5) is 28.5. The number of carbonyl (C=O) groups is 2. The van der Waals surface area contributed by atoms with Crippen LogP contribution in [0.2, 0.25) is 0 Å². The zero-order valence-corrected chi connectivity index (χ0v) is 45.6. The predicted molar refractivity (Wildman–Crippen MR) is 265 cm³/mol. The van der Waals surface area contributed by atoms with Crippen molar-refractivity contribution in [2.24, 2.45) is 50.2 Å². The number of aldehydes is 1. The van der Waals surface area contributed by atoms with Gasteiger partial charge in [-0.3, -0.25) is 4.79 Å². The molecule has 0 aromatic heterocycles. The summed E-state index contributed by atoms with van der Waals surface area (Å²) in [7, 11) is 0. The molecule has 452 valence electrons. The van der Waals surface area contributed by atoms with Crippen molar-refractivity contribution in [1.29, 1.82) is 0 Å². The molecule has 4 aliphatic heterocycles. The van der Waals surface area contributed by atoms with Gasteiger partial charge in [0.2, 0.25) is 6.29 Å². The van der Waals surface area contributed by atoms with E-state index in [9.17, 15) is 81.4 Å². The predicted octanol–water partition coefficient (Wildman–Crippen LogP) is -3.89. The van der Waals surface area contributed by atoms with Crippen molar-refractivity contribution in [1.82, 2.24) is 0 Å². The number of hydrogen-bond donors (Lipinski definition) is 15. The molecule has 0 amide bonds. The van der Waals surface area contributed by atoms with Gasteiger partial charge in [-0.1, -0.05) is 53.2 Å². The third-order valence-corrected chi connectivity index (χ3v) is 21.4. The molecule has 15 N–H and O–H groups in total. The smallest absolute Gasteiger partial charge is 0.317 e. The molecule has 25 nitrogen and oxygen atoms in total. The van der Waals surface area contributed by atoms with Gasteiger partial charge in [0.1, 0.15) is 103 Å². The molecule has 5 aliphatic carbocycles. The molecule has 25 heteroatoms. The van der Waals surface area contributed by atoms with Crippen molar-refractivity contribution in [3.63, 3.8) is 0 Å². The minimum atomic E-state index is -2.15. The topological polar surface area (TPSA) is 411 Å². The first kappa shape index (κ1) is 61.6. The van der Waals surface area contributed by atoms with Crippen LogP contribution in [0, 0.1) is 50.2 Å². The van der Waals surface area contributed by atoms with Crippen molar-refractivity contribution >= 4 is 12.3 Å². The fourth-order valence-corrected chi connectivity index (χ4v) is 16.3. The van der Waals surface area contributed by atoms with E-state index in [0.717, 1.165) is 11.9 Å². The minimum Gasteiger partial charge on any atom is -0.432 e. The van der Waals surface area contributed by atoms with E-state index in [1.54, 1.807) is 0 Å². The lowest BCUT2D eigenvalue weighted by molar-refractivity contribution is -0.379. The van der Waals surface area contributed by atoms with E-state index in [4.69, 9.17) is 37.9 Å². The number of fused-ring (bicyclic) bond motifs is 7. The van der Waals surface area contributed by atoms with Gasteiger partial charge >= 0.3 is 5.97 Å². The van der Waals surface area contributed by atoms with Gasteiger partial charge in [-0.2, -0.15) is 0 Å². The molecule has 30 atom stereocenters. The molecular formula is C54H86O25.